The number of alkyl halides is 3. The Morgan fingerprint density at radius 1 is 0.795 bits per heavy atom. The molecule has 4 aromatic carbocycles. The Morgan fingerprint density at radius 2 is 1.38 bits per heavy atom. The summed E-state index contributed by atoms with van der Waals surface area (Å²) in [6.07, 6.45) is -4.64. The van der Waals surface area contributed by atoms with Gasteiger partial charge in [0.2, 0.25) is 0 Å². The summed E-state index contributed by atoms with van der Waals surface area (Å²) in [5, 5.41) is 12.1. The van der Waals surface area contributed by atoms with Gasteiger partial charge in [-0.1, -0.05) is 72.8 Å². The van der Waals surface area contributed by atoms with Crippen LogP contribution in [0.5, 0.6) is 11.5 Å². The van der Waals surface area contributed by atoms with Crippen molar-refractivity contribution in [3.05, 3.63) is 120 Å². The molecular weight excluding hydrogens is 511 g/mol. The van der Waals surface area contributed by atoms with E-state index in [-0.39, 0.29) is 24.3 Å². The normalized spacial score (nSPS) is 11.9. The molecule has 0 aliphatic heterocycles. The molecule has 200 valence electrons. The Labute approximate surface area is 222 Å². The van der Waals surface area contributed by atoms with Gasteiger partial charge in [0.1, 0.15) is 24.1 Å². The van der Waals surface area contributed by atoms with E-state index >= 15 is 0 Å². The Hall–Kier alpha value is -4.79. The molecule has 39 heavy (non-hydrogen) atoms. The van der Waals surface area contributed by atoms with Crippen molar-refractivity contribution >= 4 is 11.9 Å². The maximum Gasteiger partial charge on any atom is 0.573 e. The average Bonchev–Trinajstić information content (AvgIpc) is 2.92. The molecule has 2 N–H and O–H groups in total. The molecule has 0 saturated heterocycles. The number of carbonyl (C=O) groups is 2. The van der Waals surface area contributed by atoms with E-state index in [1.165, 1.54) is 18.2 Å². The largest absolute Gasteiger partial charge is 0.573 e. The molecule has 0 spiro atoms. The smallest absolute Gasteiger partial charge is 0.489 e. The zero-order valence-corrected chi connectivity index (χ0v) is 20.5. The van der Waals surface area contributed by atoms with Gasteiger partial charge in [-0.2, -0.15) is 0 Å². The third-order valence-electron chi connectivity index (χ3n) is 5.81. The molecule has 1 unspecified atom stereocenters. The van der Waals surface area contributed by atoms with Gasteiger partial charge in [0.15, 0.2) is 0 Å². The third-order valence-corrected chi connectivity index (χ3v) is 5.81. The van der Waals surface area contributed by atoms with E-state index in [0.717, 1.165) is 16.7 Å². The second-order valence-corrected chi connectivity index (χ2v) is 8.60. The molecule has 9 heteroatoms. The number of halogens is 3. The number of amides is 1. The summed E-state index contributed by atoms with van der Waals surface area (Å²) in [7, 11) is 0. The molecule has 0 aromatic heterocycles. The minimum Gasteiger partial charge on any atom is -0.489 e. The second kappa shape index (κ2) is 12.2. The van der Waals surface area contributed by atoms with Crippen molar-refractivity contribution in [1.29, 1.82) is 0 Å². The second-order valence-electron chi connectivity index (χ2n) is 8.60. The highest BCUT2D eigenvalue weighted by Crippen LogP contribution is 2.28. The zero-order valence-electron chi connectivity index (χ0n) is 20.5. The highest BCUT2D eigenvalue weighted by atomic mass is 19.4. The van der Waals surface area contributed by atoms with Gasteiger partial charge < -0.3 is 19.9 Å². The highest BCUT2D eigenvalue weighted by molar-refractivity contribution is 5.97. The number of ether oxygens (including phenoxy) is 2. The topological polar surface area (TPSA) is 84.9 Å². The van der Waals surface area contributed by atoms with Crippen molar-refractivity contribution in [3.63, 3.8) is 0 Å². The molecule has 1 amide bonds. The van der Waals surface area contributed by atoms with Crippen LogP contribution in [0.4, 0.5) is 13.2 Å². The van der Waals surface area contributed by atoms with Crippen LogP contribution in [0.25, 0.3) is 11.1 Å². The lowest BCUT2D eigenvalue weighted by Gasteiger charge is -2.15. The van der Waals surface area contributed by atoms with E-state index in [1.54, 1.807) is 78.9 Å². The molecule has 1 atom stereocenters. The molecule has 4 rings (SSSR count). The maximum atomic E-state index is 12.7. The molecule has 4 aromatic rings. The molecule has 0 aliphatic carbocycles. The van der Waals surface area contributed by atoms with Crippen LogP contribution in [0, 0.1) is 0 Å². The summed E-state index contributed by atoms with van der Waals surface area (Å²) in [5.74, 6) is -1.49. The summed E-state index contributed by atoms with van der Waals surface area (Å²) in [5.41, 5.74) is 3.00. The number of nitrogens with one attached hydrogen (secondary N) is 1. The van der Waals surface area contributed by atoms with E-state index < -0.39 is 24.3 Å². The number of para-hydroxylation sites is 1. The van der Waals surface area contributed by atoms with Gasteiger partial charge >= 0.3 is 12.3 Å². The predicted octanol–water partition coefficient (Wildman–Crippen LogP) is 6.26. The third kappa shape index (κ3) is 7.85. The fraction of sp³-hybridized carbons (Fsp3) is 0.133. The molecule has 0 fully saturated rings. The average molecular weight is 536 g/mol. The van der Waals surface area contributed by atoms with E-state index in [2.05, 4.69) is 10.1 Å². The van der Waals surface area contributed by atoms with Crippen molar-refractivity contribution < 1.29 is 37.3 Å². The summed E-state index contributed by atoms with van der Waals surface area (Å²) in [6, 6.07) is 27.4. The Morgan fingerprint density at radius 3 is 2.00 bits per heavy atom. The van der Waals surface area contributed by atoms with Crippen LogP contribution in [-0.4, -0.2) is 29.4 Å². The summed E-state index contributed by atoms with van der Waals surface area (Å²) < 4.78 is 47.5. The quantitative estimate of drug-likeness (QED) is 0.251. The minimum atomic E-state index is -4.80. The van der Waals surface area contributed by atoms with Crippen LogP contribution in [0.15, 0.2) is 103 Å². The van der Waals surface area contributed by atoms with Crippen LogP contribution in [-0.2, 0) is 17.8 Å². The van der Waals surface area contributed by atoms with Gasteiger partial charge in [-0.05, 0) is 47.0 Å². The lowest BCUT2D eigenvalue weighted by Crippen LogP contribution is -2.42. The van der Waals surface area contributed by atoms with Crippen molar-refractivity contribution in [1.82, 2.24) is 5.32 Å². The Bertz CT molecular complexity index is 1410. The number of benzene rings is 4. The SMILES string of the molecule is O=C(NC(Cc1ccccc1)C(=O)O)c1ccc(-c2ccc(OCc3ccccc3OC(F)(F)F)cc2)cc1. The highest BCUT2D eigenvalue weighted by Gasteiger charge is 2.32. The number of aliphatic carboxylic acids is 1. The predicted molar refractivity (Wildman–Crippen MR) is 138 cm³/mol. The molecule has 0 bridgehead atoms. The number of carbonyl (C=O) groups excluding carboxylic acids is 1. The van der Waals surface area contributed by atoms with Gasteiger partial charge in [0.05, 0.1) is 0 Å². The number of carboxylic acids is 1. The fourth-order valence-corrected chi connectivity index (χ4v) is 3.86. The van der Waals surface area contributed by atoms with Gasteiger partial charge in [-0.25, -0.2) is 4.79 Å². The van der Waals surface area contributed by atoms with Crippen molar-refractivity contribution in [2.24, 2.45) is 0 Å². The Kier molecular flexibility index (Phi) is 8.50. The molecular formula is C30H24F3NO5. The lowest BCUT2D eigenvalue weighted by atomic mass is 10.0. The molecule has 0 radical (unpaired) electrons. The number of carboxylic acid groups (broad SMARTS) is 1. The van der Waals surface area contributed by atoms with Crippen LogP contribution in [0.1, 0.15) is 21.5 Å². The van der Waals surface area contributed by atoms with E-state index in [0.29, 0.717) is 11.3 Å². The number of hydrogen-bond acceptors (Lipinski definition) is 4. The van der Waals surface area contributed by atoms with Gasteiger partial charge in [0.25, 0.3) is 5.91 Å². The van der Waals surface area contributed by atoms with Crippen molar-refractivity contribution in [2.75, 3.05) is 0 Å². The molecule has 0 aliphatic rings. The van der Waals surface area contributed by atoms with Crippen molar-refractivity contribution in [2.45, 2.75) is 25.4 Å². The molecule has 0 saturated carbocycles. The van der Waals surface area contributed by atoms with Crippen LogP contribution < -0.4 is 14.8 Å². The summed E-state index contributed by atoms with van der Waals surface area (Å²) in [4.78, 5) is 24.3. The van der Waals surface area contributed by atoms with Gasteiger partial charge in [-0.3, -0.25) is 4.79 Å². The van der Waals surface area contributed by atoms with E-state index in [9.17, 15) is 27.9 Å². The molecule has 0 heterocycles. The number of rotatable bonds is 10. The fourth-order valence-electron chi connectivity index (χ4n) is 3.86. The first-order chi connectivity index (χ1) is 18.7. The standard InChI is InChI=1S/C30H24F3NO5/c31-30(32,33)39-27-9-5-4-8-24(27)19-38-25-16-14-22(15-17-25)21-10-12-23(13-11-21)28(35)34-26(29(36)37)18-20-6-2-1-3-7-20/h1-17,26H,18-19H2,(H,34,35)(H,36,37). The lowest BCUT2D eigenvalue weighted by molar-refractivity contribution is -0.275. The molecule has 6 nitrogen and oxygen atoms in total. The first-order valence-electron chi connectivity index (χ1n) is 11.9. The maximum absolute atomic E-state index is 12.7. The first-order valence-corrected chi connectivity index (χ1v) is 11.9. The van der Waals surface area contributed by atoms with Gasteiger partial charge in [0, 0.05) is 17.5 Å². The van der Waals surface area contributed by atoms with E-state index in [4.69, 9.17) is 4.74 Å². The summed E-state index contributed by atoms with van der Waals surface area (Å²) >= 11 is 0. The number of hydrogen-bond donors (Lipinski definition) is 2. The summed E-state index contributed by atoms with van der Waals surface area (Å²) in [6.45, 7) is -0.114. The van der Waals surface area contributed by atoms with E-state index in [1.807, 2.05) is 6.07 Å². The minimum absolute atomic E-state index is 0.114. The van der Waals surface area contributed by atoms with Gasteiger partial charge in [-0.15, -0.1) is 13.2 Å². The first kappa shape index (κ1) is 27.3. The monoisotopic (exact) mass is 535 g/mol. The van der Waals surface area contributed by atoms with Crippen LogP contribution >= 0.6 is 0 Å². The van der Waals surface area contributed by atoms with Crippen molar-refractivity contribution in [3.8, 4) is 22.6 Å². The van der Waals surface area contributed by atoms with Crippen LogP contribution in [0.3, 0.4) is 0 Å². The van der Waals surface area contributed by atoms with Crippen LogP contribution in [0.2, 0.25) is 0 Å². The Balaban J connectivity index is 1.36. The zero-order chi connectivity index (χ0) is 27.8.